The van der Waals surface area contributed by atoms with Crippen LogP contribution in [-0.2, 0) is 11.3 Å². The first-order valence-corrected chi connectivity index (χ1v) is 7.38. The van der Waals surface area contributed by atoms with E-state index in [4.69, 9.17) is 0 Å². The number of carbonyl (C=O) groups is 1. The van der Waals surface area contributed by atoms with Crippen molar-refractivity contribution in [2.45, 2.75) is 40.3 Å². The maximum absolute atomic E-state index is 12.2. The van der Waals surface area contributed by atoms with E-state index in [1.54, 1.807) is 4.52 Å². The fraction of sp³-hybridized carbons (Fsp3) is 0.533. The maximum Gasteiger partial charge on any atom is 0.239 e. The lowest BCUT2D eigenvalue weighted by molar-refractivity contribution is -0.132. The second kappa shape index (κ2) is 6.67. The molecular formula is C15H23N5O. The average molecular weight is 289 g/mol. The molecule has 0 aliphatic carbocycles. The molecule has 1 amide bonds. The van der Waals surface area contributed by atoms with Crippen LogP contribution in [0.2, 0.25) is 0 Å². The van der Waals surface area contributed by atoms with Gasteiger partial charge < -0.3 is 10.2 Å². The number of hydrogen-bond acceptors (Lipinski definition) is 4. The molecule has 2 rings (SSSR count). The van der Waals surface area contributed by atoms with Crippen LogP contribution in [0.1, 0.15) is 32.0 Å². The lowest BCUT2D eigenvalue weighted by Gasteiger charge is -2.23. The molecule has 0 spiro atoms. The normalized spacial score (nSPS) is 12.6. The predicted molar refractivity (Wildman–Crippen MR) is 82.0 cm³/mol. The minimum atomic E-state index is -0.208. The zero-order valence-corrected chi connectivity index (χ0v) is 13.1. The topological polar surface area (TPSA) is 62.5 Å². The standard InChI is InChI=1S/C15H23N5O/c1-5-19(6-2)15(21)12(4)16-8-13-9-17-14-7-11(3)18-20(14)10-13/h7,9-10,12,16H,5-6,8H2,1-4H3. The number of rotatable bonds is 6. The van der Waals surface area contributed by atoms with Gasteiger partial charge in [-0.05, 0) is 27.7 Å². The van der Waals surface area contributed by atoms with E-state index < -0.39 is 0 Å². The second-order valence-corrected chi connectivity index (χ2v) is 5.16. The fourth-order valence-electron chi connectivity index (χ4n) is 2.29. The lowest BCUT2D eigenvalue weighted by Crippen LogP contribution is -2.44. The van der Waals surface area contributed by atoms with Crippen molar-refractivity contribution in [1.82, 2.24) is 24.8 Å². The van der Waals surface area contributed by atoms with Gasteiger partial charge in [0, 0.05) is 43.7 Å². The quantitative estimate of drug-likeness (QED) is 0.873. The summed E-state index contributed by atoms with van der Waals surface area (Å²) in [4.78, 5) is 18.4. The van der Waals surface area contributed by atoms with Crippen molar-refractivity contribution in [3.63, 3.8) is 0 Å². The van der Waals surface area contributed by atoms with Crippen LogP contribution in [0.15, 0.2) is 18.5 Å². The summed E-state index contributed by atoms with van der Waals surface area (Å²) in [5.74, 6) is 0.129. The minimum Gasteiger partial charge on any atom is -0.342 e. The number of amides is 1. The van der Waals surface area contributed by atoms with Crippen LogP contribution >= 0.6 is 0 Å². The highest BCUT2D eigenvalue weighted by atomic mass is 16.2. The van der Waals surface area contributed by atoms with Crippen molar-refractivity contribution in [3.8, 4) is 0 Å². The Hall–Kier alpha value is -1.95. The van der Waals surface area contributed by atoms with Crippen molar-refractivity contribution in [2.75, 3.05) is 13.1 Å². The summed E-state index contributed by atoms with van der Waals surface area (Å²) < 4.78 is 1.77. The molecule has 1 N–H and O–H groups in total. The molecule has 0 fully saturated rings. The molecule has 0 bridgehead atoms. The Bertz CT molecular complexity index is 618. The Morgan fingerprint density at radius 2 is 2.14 bits per heavy atom. The van der Waals surface area contributed by atoms with Crippen LogP contribution in [0.5, 0.6) is 0 Å². The van der Waals surface area contributed by atoms with Crippen LogP contribution in [0.4, 0.5) is 0 Å². The Labute approximate surface area is 125 Å². The number of likely N-dealkylation sites (N-methyl/N-ethyl adjacent to an activating group) is 1. The van der Waals surface area contributed by atoms with Crippen molar-refractivity contribution in [2.24, 2.45) is 0 Å². The van der Waals surface area contributed by atoms with Crippen LogP contribution in [0.25, 0.3) is 5.65 Å². The summed E-state index contributed by atoms with van der Waals surface area (Å²) in [5, 5.41) is 7.59. The van der Waals surface area contributed by atoms with Crippen LogP contribution in [-0.4, -0.2) is 44.5 Å². The van der Waals surface area contributed by atoms with Gasteiger partial charge in [0.15, 0.2) is 5.65 Å². The van der Waals surface area contributed by atoms with Gasteiger partial charge in [-0.2, -0.15) is 5.10 Å². The Kier molecular flexibility index (Phi) is 4.90. The molecule has 1 unspecified atom stereocenters. The SMILES string of the molecule is CCN(CC)C(=O)C(C)NCc1cnc2cc(C)nn2c1. The molecule has 0 saturated carbocycles. The van der Waals surface area contributed by atoms with Gasteiger partial charge in [0.25, 0.3) is 0 Å². The van der Waals surface area contributed by atoms with Crippen molar-refractivity contribution < 1.29 is 4.79 Å². The Morgan fingerprint density at radius 1 is 1.43 bits per heavy atom. The zero-order chi connectivity index (χ0) is 15.4. The summed E-state index contributed by atoms with van der Waals surface area (Å²) in [6, 6.07) is 1.73. The Balaban J connectivity index is 1.99. The van der Waals surface area contributed by atoms with Crippen LogP contribution in [0, 0.1) is 6.92 Å². The summed E-state index contributed by atoms with van der Waals surface area (Å²) in [6.07, 6.45) is 3.76. The molecule has 2 heterocycles. The van der Waals surface area contributed by atoms with E-state index in [2.05, 4.69) is 15.4 Å². The van der Waals surface area contributed by atoms with Gasteiger partial charge in [0.1, 0.15) is 0 Å². The maximum atomic E-state index is 12.2. The van der Waals surface area contributed by atoms with Crippen molar-refractivity contribution in [1.29, 1.82) is 0 Å². The van der Waals surface area contributed by atoms with Gasteiger partial charge in [-0.25, -0.2) is 9.50 Å². The van der Waals surface area contributed by atoms with Gasteiger partial charge in [-0.15, -0.1) is 0 Å². The number of aromatic nitrogens is 3. The number of carbonyl (C=O) groups excluding carboxylic acids is 1. The molecule has 1 atom stereocenters. The van der Waals surface area contributed by atoms with Gasteiger partial charge >= 0.3 is 0 Å². The molecule has 21 heavy (non-hydrogen) atoms. The predicted octanol–water partition coefficient (Wildman–Crippen LogP) is 1.38. The molecule has 6 nitrogen and oxygen atoms in total. The molecule has 0 radical (unpaired) electrons. The molecular weight excluding hydrogens is 266 g/mol. The highest BCUT2D eigenvalue weighted by Crippen LogP contribution is 2.05. The number of hydrogen-bond donors (Lipinski definition) is 1. The zero-order valence-electron chi connectivity index (χ0n) is 13.1. The van der Waals surface area contributed by atoms with E-state index in [0.29, 0.717) is 6.54 Å². The van der Waals surface area contributed by atoms with E-state index in [1.165, 1.54) is 0 Å². The third kappa shape index (κ3) is 3.58. The molecule has 0 aliphatic heterocycles. The Morgan fingerprint density at radius 3 is 2.81 bits per heavy atom. The van der Waals surface area contributed by atoms with Crippen molar-refractivity contribution in [3.05, 3.63) is 29.7 Å². The smallest absolute Gasteiger partial charge is 0.239 e. The summed E-state index contributed by atoms with van der Waals surface area (Å²) in [5.41, 5.74) is 2.78. The first-order chi connectivity index (χ1) is 10.0. The first kappa shape index (κ1) is 15.4. The third-order valence-corrected chi connectivity index (χ3v) is 3.55. The monoisotopic (exact) mass is 289 g/mol. The molecule has 0 saturated heterocycles. The van der Waals surface area contributed by atoms with E-state index >= 15 is 0 Å². The lowest BCUT2D eigenvalue weighted by atomic mass is 10.2. The number of aryl methyl sites for hydroxylation is 1. The van der Waals surface area contributed by atoms with E-state index in [1.807, 2.05) is 51.1 Å². The summed E-state index contributed by atoms with van der Waals surface area (Å²) in [7, 11) is 0. The molecule has 6 heteroatoms. The summed E-state index contributed by atoms with van der Waals surface area (Å²) in [6.45, 7) is 9.89. The second-order valence-electron chi connectivity index (χ2n) is 5.16. The van der Waals surface area contributed by atoms with Crippen LogP contribution < -0.4 is 5.32 Å². The third-order valence-electron chi connectivity index (χ3n) is 3.55. The van der Waals surface area contributed by atoms with Gasteiger partial charge in [-0.1, -0.05) is 0 Å². The van der Waals surface area contributed by atoms with Gasteiger partial charge in [0.05, 0.1) is 11.7 Å². The molecule has 2 aromatic heterocycles. The number of nitrogens with one attached hydrogen (secondary N) is 1. The molecule has 0 aromatic carbocycles. The molecule has 114 valence electrons. The first-order valence-electron chi connectivity index (χ1n) is 7.38. The average Bonchev–Trinajstić information content (AvgIpc) is 2.85. The number of fused-ring (bicyclic) bond motifs is 1. The largest absolute Gasteiger partial charge is 0.342 e. The highest BCUT2D eigenvalue weighted by Gasteiger charge is 2.17. The van der Waals surface area contributed by atoms with Crippen molar-refractivity contribution >= 4 is 11.6 Å². The highest BCUT2D eigenvalue weighted by molar-refractivity contribution is 5.81. The van der Waals surface area contributed by atoms with E-state index in [-0.39, 0.29) is 11.9 Å². The van der Waals surface area contributed by atoms with E-state index in [9.17, 15) is 4.79 Å². The molecule has 2 aromatic rings. The van der Waals surface area contributed by atoms with Crippen LogP contribution in [0.3, 0.4) is 0 Å². The van der Waals surface area contributed by atoms with Gasteiger partial charge in [-0.3, -0.25) is 4.79 Å². The molecule has 0 aliphatic rings. The summed E-state index contributed by atoms with van der Waals surface area (Å²) >= 11 is 0. The number of nitrogens with zero attached hydrogens (tertiary/aromatic N) is 4. The van der Waals surface area contributed by atoms with Gasteiger partial charge in [0.2, 0.25) is 5.91 Å². The van der Waals surface area contributed by atoms with E-state index in [0.717, 1.165) is 30.0 Å². The fourth-order valence-corrected chi connectivity index (χ4v) is 2.29. The minimum absolute atomic E-state index is 0.129.